The third-order valence-electron chi connectivity index (χ3n) is 3.68. The minimum Gasteiger partial charge on any atom is -0.396 e. The summed E-state index contributed by atoms with van der Waals surface area (Å²) >= 11 is 0. The van der Waals surface area contributed by atoms with Crippen molar-refractivity contribution in [1.29, 1.82) is 0 Å². The van der Waals surface area contributed by atoms with Gasteiger partial charge in [0, 0.05) is 19.3 Å². The third kappa shape index (κ3) is 5.84. The molecule has 3 nitrogen and oxygen atoms in total. The van der Waals surface area contributed by atoms with Crippen LogP contribution in [0, 0.1) is 11.8 Å². The Balaban J connectivity index is 2.10. The SMILES string of the molecule is CC(CO)CCCNC1CCOC(C(C)C)C1. The van der Waals surface area contributed by atoms with Crippen LogP contribution in [-0.2, 0) is 4.74 Å². The van der Waals surface area contributed by atoms with Crippen molar-refractivity contribution in [3.05, 3.63) is 0 Å². The average Bonchev–Trinajstić information content (AvgIpc) is 2.34. The lowest BCUT2D eigenvalue weighted by Gasteiger charge is -2.32. The van der Waals surface area contributed by atoms with Crippen molar-refractivity contribution in [2.45, 2.75) is 58.6 Å². The van der Waals surface area contributed by atoms with E-state index in [4.69, 9.17) is 9.84 Å². The molecule has 3 unspecified atom stereocenters. The van der Waals surface area contributed by atoms with E-state index < -0.39 is 0 Å². The maximum absolute atomic E-state index is 8.94. The van der Waals surface area contributed by atoms with E-state index in [0.29, 0.717) is 30.6 Å². The highest BCUT2D eigenvalue weighted by molar-refractivity contribution is 4.78. The van der Waals surface area contributed by atoms with Gasteiger partial charge in [-0.25, -0.2) is 0 Å². The molecule has 0 saturated carbocycles. The van der Waals surface area contributed by atoms with Gasteiger partial charge in [-0.2, -0.15) is 0 Å². The zero-order valence-corrected chi connectivity index (χ0v) is 11.6. The van der Waals surface area contributed by atoms with Crippen LogP contribution in [0.1, 0.15) is 46.5 Å². The summed E-state index contributed by atoms with van der Waals surface area (Å²) < 4.78 is 5.76. The van der Waals surface area contributed by atoms with Crippen LogP contribution in [0.4, 0.5) is 0 Å². The molecule has 3 heteroatoms. The van der Waals surface area contributed by atoms with E-state index in [-0.39, 0.29) is 0 Å². The Morgan fingerprint density at radius 1 is 1.35 bits per heavy atom. The third-order valence-corrected chi connectivity index (χ3v) is 3.68. The van der Waals surface area contributed by atoms with Gasteiger partial charge in [0.15, 0.2) is 0 Å². The minimum absolute atomic E-state index is 0.312. The largest absolute Gasteiger partial charge is 0.396 e. The zero-order chi connectivity index (χ0) is 12.7. The lowest BCUT2D eigenvalue weighted by molar-refractivity contribution is -0.0243. The molecule has 1 fully saturated rings. The molecule has 1 aliphatic rings. The second kappa shape index (κ2) is 8.06. The number of rotatable bonds is 7. The van der Waals surface area contributed by atoms with Crippen molar-refractivity contribution in [3.8, 4) is 0 Å². The van der Waals surface area contributed by atoms with Gasteiger partial charge in [-0.3, -0.25) is 0 Å². The van der Waals surface area contributed by atoms with Crippen LogP contribution in [0.3, 0.4) is 0 Å². The van der Waals surface area contributed by atoms with Crippen LogP contribution in [0.25, 0.3) is 0 Å². The van der Waals surface area contributed by atoms with Gasteiger partial charge in [-0.05, 0) is 44.1 Å². The van der Waals surface area contributed by atoms with Crippen molar-refractivity contribution >= 4 is 0 Å². The summed E-state index contributed by atoms with van der Waals surface area (Å²) in [4.78, 5) is 0. The molecule has 1 saturated heterocycles. The number of nitrogens with one attached hydrogen (secondary N) is 1. The Labute approximate surface area is 106 Å². The normalized spacial score (nSPS) is 27.4. The molecule has 0 spiro atoms. The van der Waals surface area contributed by atoms with Gasteiger partial charge < -0.3 is 15.2 Å². The fourth-order valence-electron chi connectivity index (χ4n) is 2.33. The maximum Gasteiger partial charge on any atom is 0.0612 e. The van der Waals surface area contributed by atoms with Gasteiger partial charge in [0.1, 0.15) is 0 Å². The van der Waals surface area contributed by atoms with Crippen molar-refractivity contribution in [1.82, 2.24) is 5.32 Å². The van der Waals surface area contributed by atoms with Crippen LogP contribution in [0.5, 0.6) is 0 Å². The van der Waals surface area contributed by atoms with Crippen LogP contribution < -0.4 is 5.32 Å². The minimum atomic E-state index is 0.312. The second-order valence-corrected chi connectivity index (χ2v) is 5.76. The first-order chi connectivity index (χ1) is 8.13. The van der Waals surface area contributed by atoms with E-state index >= 15 is 0 Å². The van der Waals surface area contributed by atoms with Crippen LogP contribution >= 0.6 is 0 Å². The first kappa shape index (κ1) is 14.9. The maximum atomic E-state index is 8.94. The average molecular weight is 243 g/mol. The molecule has 102 valence electrons. The molecule has 0 aromatic heterocycles. The molecule has 17 heavy (non-hydrogen) atoms. The Kier molecular flexibility index (Phi) is 7.09. The molecular weight excluding hydrogens is 214 g/mol. The zero-order valence-electron chi connectivity index (χ0n) is 11.6. The molecule has 0 bridgehead atoms. The van der Waals surface area contributed by atoms with Gasteiger partial charge in [0.05, 0.1) is 6.10 Å². The smallest absolute Gasteiger partial charge is 0.0612 e. The number of ether oxygens (including phenoxy) is 1. The lowest BCUT2D eigenvalue weighted by atomic mass is 9.95. The summed E-state index contributed by atoms with van der Waals surface area (Å²) in [6.45, 7) is 8.84. The molecule has 0 aromatic rings. The molecule has 1 rings (SSSR count). The number of hydrogen-bond acceptors (Lipinski definition) is 3. The summed E-state index contributed by atoms with van der Waals surface area (Å²) in [5.41, 5.74) is 0. The van der Waals surface area contributed by atoms with E-state index in [1.807, 2.05) is 0 Å². The van der Waals surface area contributed by atoms with Crippen molar-refractivity contribution in [3.63, 3.8) is 0 Å². The highest BCUT2D eigenvalue weighted by atomic mass is 16.5. The van der Waals surface area contributed by atoms with E-state index in [1.165, 1.54) is 0 Å². The Morgan fingerprint density at radius 3 is 2.76 bits per heavy atom. The summed E-state index contributed by atoms with van der Waals surface area (Å²) in [7, 11) is 0. The number of aliphatic hydroxyl groups is 1. The standard InChI is InChI=1S/C14H29NO2/c1-11(2)14-9-13(6-8-17-14)15-7-4-5-12(3)10-16/h11-16H,4-10H2,1-3H3. The molecule has 0 amide bonds. The summed E-state index contributed by atoms with van der Waals surface area (Å²) in [5.74, 6) is 1.06. The molecule has 2 N–H and O–H groups in total. The van der Waals surface area contributed by atoms with Crippen LogP contribution in [0.15, 0.2) is 0 Å². The Bertz CT molecular complexity index is 197. The predicted octanol–water partition coefficient (Wildman–Crippen LogP) is 2.19. The molecule has 0 radical (unpaired) electrons. The molecule has 1 heterocycles. The summed E-state index contributed by atoms with van der Waals surface area (Å²) in [5, 5.41) is 12.6. The fraction of sp³-hybridized carbons (Fsp3) is 1.00. The van der Waals surface area contributed by atoms with Crippen molar-refractivity contribution < 1.29 is 9.84 Å². The van der Waals surface area contributed by atoms with Gasteiger partial charge in [-0.1, -0.05) is 20.8 Å². The van der Waals surface area contributed by atoms with E-state index in [1.54, 1.807) is 0 Å². The van der Waals surface area contributed by atoms with Gasteiger partial charge in [0.2, 0.25) is 0 Å². The lowest BCUT2D eigenvalue weighted by Crippen LogP contribution is -2.41. The van der Waals surface area contributed by atoms with E-state index in [9.17, 15) is 0 Å². The summed E-state index contributed by atoms with van der Waals surface area (Å²) in [6.07, 6.45) is 4.98. The highest BCUT2D eigenvalue weighted by Crippen LogP contribution is 2.20. The molecule has 0 aliphatic carbocycles. The molecular formula is C14H29NO2. The van der Waals surface area contributed by atoms with Crippen molar-refractivity contribution in [2.24, 2.45) is 11.8 Å². The second-order valence-electron chi connectivity index (χ2n) is 5.76. The Hall–Kier alpha value is -0.120. The van der Waals surface area contributed by atoms with Crippen LogP contribution in [0.2, 0.25) is 0 Å². The summed E-state index contributed by atoms with van der Waals surface area (Å²) in [6, 6.07) is 0.626. The Morgan fingerprint density at radius 2 is 2.12 bits per heavy atom. The van der Waals surface area contributed by atoms with E-state index in [0.717, 1.165) is 38.8 Å². The highest BCUT2D eigenvalue weighted by Gasteiger charge is 2.24. The van der Waals surface area contributed by atoms with E-state index in [2.05, 4.69) is 26.1 Å². The van der Waals surface area contributed by atoms with Gasteiger partial charge in [0.25, 0.3) is 0 Å². The molecule has 3 atom stereocenters. The molecule has 1 aliphatic heterocycles. The fourth-order valence-corrected chi connectivity index (χ4v) is 2.33. The predicted molar refractivity (Wildman–Crippen MR) is 71.1 cm³/mol. The van der Waals surface area contributed by atoms with Crippen molar-refractivity contribution in [2.75, 3.05) is 19.8 Å². The monoisotopic (exact) mass is 243 g/mol. The number of aliphatic hydroxyl groups excluding tert-OH is 1. The van der Waals surface area contributed by atoms with Gasteiger partial charge >= 0.3 is 0 Å². The first-order valence-corrected chi connectivity index (χ1v) is 7.09. The van der Waals surface area contributed by atoms with Crippen LogP contribution in [-0.4, -0.2) is 37.0 Å². The molecule has 0 aromatic carbocycles. The number of hydrogen-bond donors (Lipinski definition) is 2. The first-order valence-electron chi connectivity index (χ1n) is 7.09. The topological polar surface area (TPSA) is 41.5 Å². The quantitative estimate of drug-likeness (QED) is 0.674. The van der Waals surface area contributed by atoms with Gasteiger partial charge in [-0.15, -0.1) is 0 Å².